The highest BCUT2D eigenvalue weighted by atomic mass is 35.5. The molecular formula is C18H15ClN4OS. The van der Waals surface area contributed by atoms with Crippen molar-refractivity contribution in [1.82, 2.24) is 14.8 Å². The van der Waals surface area contributed by atoms with Gasteiger partial charge in [0.25, 0.3) is 0 Å². The molecule has 1 heterocycles. The number of hydrogen-bond donors (Lipinski definition) is 0. The monoisotopic (exact) mass is 370 g/mol. The lowest BCUT2D eigenvalue weighted by Gasteiger charge is -2.11. The maximum atomic E-state index is 8.76. The van der Waals surface area contributed by atoms with Crippen molar-refractivity contribution >= 4 is 23.4 Å². The second-order valence-corrected chi connectivity index (χ2v) is 6.60. The van der Waals surface area contributed by atoms with E-state index in [9.17, 15) is 0 Å². The average molecular weight is 371 g/mol. The van der Waals surface area contributed by atoms with Gasteiger partial charge in [-0.25, -0.2) is 0 Å². The summed E-state index contributed by atoms with van der Waals surface area (Å²) in [6.07, 6.45) is 0.455. The summed E-state index contributed by atoms with van der Waals surface area (Å²) in [6, 6.07) is 17.3. The number of methoxy groups -OCH3 is 1. The van der Waals surface area contributed by atoms with Crippen LogP contribution < -0.4 is 4.74 Å². The number of ether oxygens (including phenoxy) is 1. The van der Waals surface area contributed by atoms with Gasteiger partial charge in [-0.1, -0.05) is 23.4 Å². The van der Waals surface area contributed by atoms with Crippen LogP contribution in [0.3, 0.4) is 0 Å². The van der Waals surface area contributed by atoms with Gasteiger partial charge in [0.2, 0.25) is 0 Å². The average Bonchev–Trinajstić information content (AvgIpc) is 3.06. The fourth-order valence-electron chi connectivity index (χ4n) is 2.30. The highest BCUT2D eigenvalue weighted by Gasteiger charge is 2.16. The summed E-state index contributed by atoms with van der Waals surface area (Å²) in [4.78, 5) is 0. The smallest absolute Gasteiger partial charge is 0.196 e. The van der Waals surface area contributed by atoms with Gasteiger partial charge in [0.1, 0.15) is 5.75 Å². The van der Waals surface area contributed by atoms with Gasteiger partial charge in [-0.2, -0.15) is 5.26 Å². The predicted molar refractivity (Wildman–Crippen MR) is 99.3 cm³/mol. The Morgan fingerprint density at radius 2 is 1.84 bits per heavy atom. The van der Waals surface area contributed by atoms with Crippen LogP contribution in [0, 0.1) is 11.3 Å². The van der Waals surface area contributed by atoms with Crippen molar-refractivity contribution in [2.75, 3.05) is 12.9 Å². The van der Waals surface area contributed by atoms with Gasteiger partial charge in [0, 0.05) is 28.4 Å². The van der Waals surface area contributed by atoms with Crippen molar-refractivity contribution in [2.45, 2.75) is 11.6 Å². The van der Waals surface area contributed by atoms with E-state index in [0.29, 0.717) is 17.2 Å². The minimum atomic E-state index is 0.455. The van der Waals surface area contributed by atoms with E-state index in [-0.39, 0.29) is 0 Å². The lowest BCUT2D eigenvalue weighted by molar-refractivity contribution is 0.414. The molecule has 0 spiro atoms. The van der Waals surface area contributed by atoms with Gasteiger partial charge in [0.05, 0.1) is 13.2 Å². The lowest BCUT2D eigenvalue weighted by atomic mass is 10.2. The van der Waals surface area contributed by atoms with E-state index >= 15 is 0 Å². The fraction of sp³-hybridized carbons (Fsp3) is 0.167. The first kappa shape index (κ1) is 17.3. The summed E-state index contributed by atoms with van der Waals surface area (Å²) in [5.41, 5.74) is 1.84. The number of hydrogen-bond acceptors (Lipinski definition) is 5. The van der Waals surface area contributed by atoms with Crippen molar-refractivity contribution in [3.05, 3.63) is 53.6 Å². The van der Waals surface area contributed by atoms with Crippen LogP contribution in [0.25, 0.3) is 17.1 Å². The molecule has 0 N–H and O–H groups in total. The first-order valence-electron chi connectivity index (χ1n) is 7.58. The third kappa shape index (κ3) is 3.95. The van der Waals surface area contributed by atoms with Gasteiger partial charge in [-0.3, -0.25) is 4.57 Å². The Kier molecular flexibility index (Phi) is 5.59. The molecule has 0 radical (unpaired) electrons. The molecule has 0 aliphatic carbocycles. The zero-order chi connectivity index (χ0) is 17.6. The number of halogens is 1. The van der Waals surface area contributed by atoms with Crippen LogP contribution >= 0.6 is 23.4 Å². The topological polar surface area (TPSA) is 63.7 Å². The molecule has 3 rings (SSSR count). The molecule has 0 atom stereocenters. The number of thioether (sulfide) groups is 1. The van der Waals surface area contributed by atoms with Crippen LogP contribution in [0.5, 0.6) is 5.75 Å². The van der Waals surface area contributed by atoms with Gasteiger partial charge < -0.3 is 4.74 Å². The summed E-state index contributed by atoms with van der Waals surface area (Å²) < 4.78 is 7.20. The Morgan fingerprint density at radius 3 is 2.48 bits per heavy atom. The molecule has 3 aromatic rings. The van der Waals surface area contributed by atoms with E-state index in [2.05, 4.69) is 16.3 Å². The van der Waals surface area contributed by atoms with E-state index in [0.717, 1.165) is 28.0 Å². The molecule has 5 nitrogen and oxygen atoms in total. The van der Waals surface area contributed by atoms with Crippen LogP contribution in [-0.2, 0) is 0 Å². The van der Waals surface area contributed by atoms with Gasteiger partial charge >= 0.3 is 0 Å². The van der Waals surface area contributed by atoms with Crippen LogP contribution in [0.1, 0.15) is 6.42 Å². The number of nitrogens with zero attached hydrogens (tertiary/aromatic N) is 4. The summed E-state index contributed by atoms with van der Waals surface area (Å²) in [5.74, 6) is 2.16. The number of benzene rings is 2. The summed E-state index contributed by atoms with van der Waals surface area (Å²) >= 11 is 7.49. The number of aromatic nitrogens is 3. The van der Waals surface area contributed by atoms with E-state index < -0.39 is 0 Å². The Morgan fingerprint density at radius 1 is 1.12 bits per heavy atom. The molecule has 2 aromatic carbocycles. The van der Waals surface area contributed by atoms with E-state index in [1.165, 1.54) is 11.8 Å². The minimum Gasteiger partial charge on any atom is -0.497 e. The number of nitriles is 1. The zero-order valence-corrected chi connectivity index (χ0v) is 15.1. The quantitative estimate of drug-likeness (QED) is 0.468. The first-order valence-corrected chi connectivity index (χ1v) is 8.95. The van der Waals surface area contributed by atoms with E-state index in [4.69, 9.17) is 21.6 Å². The normalized spacial score (nSPS) is 10.4. The molecule has 0 aliphatic heterocycles. The molecule has 7 heteroatoms. The van der Waals surface area contributed by atoms with Crippen molar-refractivity contribution in [3.8, 4) is 28.9 Å². The van der Waals surface area contributed by atoms with Gasteiger partial charge in [-0.05, 0) is 48.5 Å². The molecule has 25 heavy (non-hydrogen) atoms. The SMILES string of the molecule is COc1ccc(-n2c(SCCC#N)nnc2-c2ccc(Cl)cc2)cc1. The highest BCUT2D eigenvalue weighted by Crippen LogP contribution is 2.29. The maximum Gasteiger partial charge on any atom is 0.196 e. The molecule has 1 aromatic heterocycles. The van der Waals surface area contributed by atoms with Gasteiger partial charge in [-0.15, -0.1) is 10.2 Å². The number of rotatable bonds is 6. The van der Waals surface area contributed by atoms with Crippen LogP contribution in [0.15, 0.2) is 53.7 Å². The summed E-state index contributed by atoms with van der Waals surface area (Å²) in [5, 5.41) is 18.8. The molecule has 0 fully saturated rings. The second-order valence-electron chi connectivity index (χ2n) is 5.10. The van der Waals surface area contributed by atoms with Crippen molar-refractivity contribution in [1.29, 1.82) is 5.26 Å². The molecule has 0 bridgehead atoms. The van der Waals surface area contributed by atoms with Crippen LogP contribution in [0.4, 0.5) is 0 Å². The lowest BCUT2D eigenvalue weighted by Crippen LogP contribution is -2.00. The zero-order valence-electron chi connectivity index (χ0n) is 13.5. The summed E-state index contributed by atoms with van der Waals surface area (Å²) in [7, 11) is 1.64. The highest BCUT2D eigenvalue weighted by molar-refractivity contribution is 7.99. The Balaban J connectivity index is 2.05. The molecule has 0 unspecified atom stereocenters. The largest absolute Gasteiger partial charge is 0.497 e. The Bertz CT molecular complexity index is 885. The molecule has 0 saturated carbocycles. The van der Waals surface area contributed by atoms with Crippen LogP contribution in [0.2, 0.25) is 5.02 Å². The van der Waals surface area contributed by atoms with E-state index in [1.54, 1.807) is 7.11 Å². The molecule has 0 saturated heterocycles. The Labute approximate surface area is 155 Å². The first-order chi connectivity index (χ1) is 12.2. The molecule has 126 valence electrons. The Hall–Kier alpha value is -2.49. The third-order valence-corrected chi connectivity index (χ3v) is 4.69. The van der Waals surface area contributed by atoms with Crippen molar-refractivity contribution in [3.63, 3.8) is 0 Å². The van der Waals surface area contributed by atoms with Crippen molar-refractivity contribution in [2.24, 2.45) is 0 Å². The fourth-order valence-corrected chi connectivity index (χ4v) is 3.22. The predicted octanol–water partition coefficient (Wildman–Crippen LogP) is 4.60. The standard InChI is InChI=1S/C18H15ClN4OS/c1-24-16-9-7-15(8-10-16)23-17(13-3-5-14(19)6-4-13)21-22-18(23)25-12-2-11-20/h3-10H,2,12H2,1H3. The summed E-state index contributed by atoms with van der Waals surface area (Å²) in [6.45, 7) is 0. The third-order valence-electron chi connectivity index (χ3n) is 3.51. The minimum absolute atomic E-state index is 0.455. The van der Waals surface area contributed by atoms with E-state index in [1.807, 2.05) is 53.1 Å². The molecular weight excluding hydrogens is 356 g/mol. The second kappa shape index (κ2) is 8.06. The maximum absolute atomic E-state index is 8.76. The molecule has 0 aliphatic rings. The van der Waals surface area contributed by atoms with Crippen molar-refractivity contribution < 1.29 is 4.74 Å². The van der Waals surface area contributed by atoms with Crippen LogP contribution in [-0.4, -0.2) is 27.6 Å². The van der Waals surface area contributed by atoms with Gasteiger partial charge in [0.15, 0.2) is 11.0 Å². The molecule has 0 amide bonds.